The van der Waals surface area contributed by atoms with Crippen LogP contribution in [0.5, 0.6) is 0 Å². The van der Waals surface area contributed by atoms with Gasteiger partial charge < -0.3 is 21.1 Å². The maximum Gasteiger partial charge on any atom is 0.250 e. The highest BCUT2D eigenvalue weighted by Crippen LogP contribution is 2.13. The minimum Gasteiger partial charge on any atom is -0.370 e. The zero-order valence-electron chi connectivity index (χ0n) is 10.3. The van der Waals surface area contributed by atoms with Gasteiger partial charge in [0.25, 0.3) is 0 Å². The van der Waals surface area contributed by atoms with Crippen LogP contribution in [-0.2, 0) is 14.3 Å². The molecule has 1 atom stereocenters. The highest BCUT2D eigenvalue weighted by Gasteiger charge is 2.28. The topological polar surface area (TPSA) is 93.5 Å². The Hall–Kier alpha value is -1.14. The molecule has 0 saturated heterocycles. The van der Waals surface area contributed by atoms with Crippen molar-refractivity contribution in [3.05, 3.63) is 0 Å². The maximum absolute atomic E-state index is 11.5. The lowest BCUT2D eigenvalue weighted by molar-refractivity contribution is -0.132. The second kappa shape index (κ2) is 6.44. The van der Waals surface area contributed by atoms with Crippen LogP contribution in [0.2, 0.25) is 0 Å². The van der Waals surface area contributed by atoms with Gasteiger partial charge in [-0.05, 0) is 13.8 Å². The van der Waals surface area contributed by atoms with Gasteiger partial charge in [-0.25, -0.2) is 0 Å². The molecule has 4 N–H and O–H groups in total. The molecule has 0 saturated carbocycles. The lowest BCUT2D eigenvalue weighted by Gasteiger charge is -2.24. The Balaban J connectivity index is 4.23. The van der Waals surface area contributed by atoms with Gasteiger partial charge in [0, 0.05) is 27.2 Å². The normalized spacial score (nSPS) is 13.1. The Labute approximate surface area is 95.9 Å². The smallest absolute Gasteiger partial charge is 0.250 e. The first-order valence-corrected chi connectivity index (χ1v) is 5.11. The summed E-state index contributed by atoms with van der Waals surface area (Å²) in [5.41, 5.74) is 4.69. The van der Waals surface area contributed by atoms with Gasteiger partial charge in [-0.15, -0.1) is 0 Å². The van der Waals surface area contributed by atoms with Crippen molar-refractivity contribution in [3.63, 3.8) is 0 Å². The molecule has 0 aliphatic carbocycles. The van der Waals surface area contributed by atoms with Crippen molar-refractivity contribution >= 4 is 11.8 Å². The van der Waals surface area contributed by atoms with E-state index in [1.807, 2.05) is 0 Å². The Morgan fingerprint density at radius 1 is 1.44 bits per heavy atom. The molecule has 0 aromatic rings. The third-order valence-corrected chi connectivity index (χ3v) is 2.34. The van der Waals surface area contributed by atoms with Gasteiger partial charge in [0.1, 0.15) is 6.10 Å². The lowest BCUT2D eigenvalue weighted by Crippen LogP contribution is -2.48. The first kappa shape index (κ1) is 14.9. The van der Waals surface area contributed by atoms with Crippen molar-refractivity contribution in [2.45, 2.75) is 20.0 Å². The third-order valence-electron chi connectivity index (χ3n) is 2.34. The quantitative estimate of drug-likeness (QED) is 0.538. The maximum atomic E-state index is 11.5. The van der Waals surface area contributed by atoms with Gasteiger partial charge in [0.05, 0.1) is 5.41 Å². The van der Waals surface area contributed by atoms with Crippen LogP contribution >= 0.6 is 0 Å². The first-order chi connectivity index (χ1) is 7.38. The van der Waals surface area contributed by atoms with Crippen molar-refractivity contribution in [1.82, 2.24) is 10.6 Å². The summed E-state index contributed by atoms with van der Waals surface area (Å²) in [6.45, 7) is 3.85. The summed E-state index contributed by atoms with van der Waals surface area (Å²) in [7, 11) is 2.98. The molecule has 1 unspecified atom stereocenters. The summed E-state index contributed by atoms with van der Waals surface area (Å²) in [5.74, 6) is -0.434. The number of ether oxygens (including phenoxy) is 1. The lowest BCUT2D eigenvalue weighted by atomic mass is 9.92. The predicted octanol–water partition coefficient (Wildman–Crippen LogP) is -1.15. The third kappa shape index (κ3) is 4.16. The average molecular weight is 231 g/mol. The molecule has 0 heterocycles. The summed E-state index contributed by atoms with van der Waals surface area (Å²) >= 11 is 0. The number of amides is 2. The van der Waals surface area contributed by atoms with Gasteiger partial charge in [0.2, 0.25) is 11.8 Å². The molecule has 2 amide bonds. The van der Waals surface area contributed by atoms with Crippen LogP contribution in [0.15, 0.2) is 0 Å². The van der Waals surface area contributed by atoms with E-state index in [9.17, 15) is 9.59 Å². The van der Waals surface area contributed by atoms with Crippen LogP contribution < -0.4 is 16.4 Å². The van der Waals surface area contributed by atoms with E-state index in [1.54, 1.807) is 20.9 Å². The summed E-state index contributed by atoms with van der Waals surface area (Å²) in [6.07, 6.45) is -0.666. The van der Waals surface area contributed by atoms with Crippen LogP contribution in [0.1, 0.15) is 13.8 Å². The molecule has 0 spiro atoms. The fraction of sp³-hybridized carbons (Fsp3) is 0.800. The summed E-state index contributed by atoms with van der Waals surface area (Å²) in [6, 6.07) is 0. The summed E-state index contributed by atoms with van der Waals surface area (Å²) in [4.78, 5) is 23.0. The van der Waals surface area contributed by atoms with Crippen molar-refractivity contribution in [1.29, 1.82) is 0 Å². The Morgan fingerprint density at radius 2 is 2.00 bits per heavy atom. The highest BCUT2D eigenvalue weighted by molar-refractivity contribution is 5.84. The largest absolute Gasteiger partial charge is 0.370 e. The average Bonchev–Trinajstić information content (AvgIpc) is 2.27. The number of rotatable bonds is 6. The number of hydrogen-bond acceptors (Lipinski definition) is 4. The second-order valence-corrected chi connectivity index (χ2v) is 4.14. The molecular formula is C10H21N3O3. The predicted molar refractivity (Wildman–Crippen MR) is 60.7 cm³/mol. The molecule has 0 bridgehead atoms. The fourth-order valence-electron chi connectivity index (χ4n) is 1.15. The Bertz CT molecular complexity index is 250. The van der Waals surface area contributed by atoms with Gasteiger partial charge in [-0.3, -0.25) is 9.59 Å². The molecule has 0 aliphatic rings. The van der Waals surface area contributed by atoms with Crippen LogP contribution in [0.4, 0.5) is 0 Å². The second-order valence-electron chi connectivity index (χ2n) is 4.14. The van der Waals surface area contributed by atoms with Crippen molar-refractivity contribution in [2.75, 3.05) is 27.2 Å². The van der Waals surface area contributed by atoms with Crippen LogP contribution in [-0.4, -0.2) is 45.2 Å². The molecule has 6 nitrogen and oxygen atoms in total. The van der Waals surface area contributed by atoms with E-state index < -0.39 is 11.5 Å². The molecule has 0 aromatic carbocycles. The Morgan fingerprint density at radius 3 is 2.38 bits per heavy atom. The molecule has 0 fully saturated rings. The van der Waals surface area contributed by atoms with Crippen molar-refractivity contribution in [3.8, 4) is 0 Å². The van der Waals surface area contributed by atoms with Crippen molar-refractivity contribution in [2.24, 2.45) is 11.1 Å². The van der Waals surface area contributed by atoms with E-state index in [0.29, 0.717) is 0 Å². The molecule has 0 aromatic heterocycles. The number of nitrogens with one attached hydrogen (secondary N) is 2. The van der Waals surface area contributed by atoms with E-state index in [2.05, 4.69) is 10.6 Å². The van der Waals surface area contributed by atoms with Gasteiger partial charge in [-0.1, -0.05) is 0 Å². The zero-order valence-corrected chi connectivity index (χ0v) is 10.3. The zero-order chi connectivity index (χ0) is 12.8. The molecule has 0 aliphatic heterocycles. The van der Waals surface area contributed by atoms with E-state index >= 15 is 0 Å². The number of hydrogen-bond donors (Lipinski definition) is 3. The molecule has 16 heavy (non-hydrogen) atoms. The summed E-state index contributed by atoms with van der Waals surface area (Å²) < 4.78 is 4.88. The van der Waals surface area contributed by atoms with Crippen LogP contribution in [0.25, 0.3) is 0 Å². The number of carbonyl (C=O) groups excluding carboxylic acids is 2. The van der Waals surface area contributed by atoms with E-state index in [1.165, 1.54) is 7.11 Å². The Kier molecular flexibility index (Phi) is 5.98. The fourth-order valence-corrected chi connectivity index (χ4v) is 1.15. The van der Waals surface area contributed by atoms with Crippen LogP contribution in [0, 0.1) is 5.41 Å². The minimum absolute atomic E-state index is 0.114. The molecular weight excluding hydrogens is 210 g/mol. The number of carbonyl (C=O) groups is 2. The summed E-state index contributed by atoms with van der Waals surface area (Å²) in [5, 5.41) is 5.18. The molecule has 0 radical (unpaired) electrons. The van der Waals surface area contributed by atoms with E-state index in [4.69, 9.17) is 10.5 Å². The first-order valence-electron chi connectivity index (χ1n) is 5.11. The monoisotopic (exact) mass is 231 g/mol. The minimum atomic E-state index is -0.666. The van der Waals surface area contributed by atoms with Crippen molar-refractivity contribution < 1.29 is 14.3 Å². The van der Waals surface area contributed by atoms with E-state index in [0.717, 1.165) is 0 Å². The molecule has 6 heteroatoms. The molecule has 94 valence electrons. The number of methoxy groups -OCH3 is 1. The SMILES string of the molecule is CNC(=O)C(C)(C)CNC(=O)C(CN)OC. The van der Waals surface area contributed by atoms with E-state index in [-0.39, 0.29) is 24.9 Å². The van der Waals surface area contributed by atoms with Gasteiger partial charge in [0.15, 0.2) is 0 Å². The standard InChI is InChI=1S/C10H21N3O3/c1-10(2,9(15)12-3)6-13-8(14)7(5-11)16-4/h7H,5-6,11H2,1-4H3,(H,12,15)(H,13,14). The highest BCUT2D eigenvalue weighted by atomic mass is 16.5. The van der Waals surface area contributed by atoms with Crippen LogP contribution in [0.3, 0.4) is 0 Å². The van der Waals surface area contributed by atoms with Gasteiger partial charge in [-0.2, -0.15) is 0 Å². The van der Waals surface area contributed by atoms with Gasteiger partial charge >= 0.3 is 0 Å². The number of nitrogens with two attached hydrogens (primary N) is 1. The molecule has 0 rings (SSSR count).